The van der Waals surface area contributed by atoms with Gasteiger partial charge in [0.1, 0.15) is 5.75 Å². The number of benzene rings is 1. The summed E-state index contributed by atoms with van der Waals surface area (Å²) in [6, 6.07) is 12.2. The number of imidazole rings is 1. The Morgan fingerprint density at radius 1 is 1.13 bits per heavy atom. The summed E-state index contributed by atoms with van der Waals surface area (Å²) in [6.45, 7) is 2.67. The molecule has 3 aromatic rings. The van der Waals surface area contributed by atoms with E-state index >= 15 is 0 Å². The third kappa shape index (κ3) is 3.21. The van der Waals surface area contributed by atoms with Gasteiger partial charge in [0.05, 0.1) is 24.2 Å². The zero-order valence-corrected chi connectivity index (χ0v) is 13.4. The van der Waals surface area contributed by atoms with E-state index in [1.165, 1.54) is 19.3 Å². The lowest BCUT2D eigenvalue weighted by Gasteiger charge is -2.02. The predicted octanol–water partition coefficient (Wildman–Crippen LogP) is 4.14. The number of fused-ring (bicyclic) bond motifs is 1. The van der Waals surface area contributed by atoms with Crippen molar-refractivity contribution in [2.75, 3.05) is 6.61 Å². The second-order valence-corrected chi connectivity index (χ2v) is 6.19. The van der Waals surface area contributed by atoms with E-state index in [2.05, 4.69) is 17.1 Å². The van der Waals surface area contributed by atoms with Gasteiger partial charge in [-0.25, -0.2) is 9.50 Å². The van der Waals surface area contributed by atoms with E-state index in [9.17, 15) is 0 Å². The van der Waals surface area contributed by atoms with Gasteiger partial charge in [0.2, 0.25) is 0 Å². The second-order valence-electron chi connectivity index (χ2n) is 6.19. The smallest absolute Gasteiger partial charge is 0.154 e. The highest BCUT2D eigenvalue weighted by atomic mass is 16.5. The van der Waals surface area contributed by atoms with Gasteiger partial charge in [-0.2, -0.15) is 5.10 Å². The van der Waals surface area contributed by atoms with E-state index in [1.54, 1.807) is 0 Å². The van der Waals surface area contributed by atoms with Gasteiger partial charge >= 0.3 is 0 Å². The van der Waals surface area contributed by atoms with Gasteiger partial charge in [0.15, 0.2) is 5.65 Å². The van der Waals surface area contributed by atoms with Crippen LogP contribution in [0, 0.1) is 5.92 Å². The van der Waals surface area contributed by atoms with Gasteiger partial charge in [-0.1, -0.05) is 12.8 Å². The minimum Gasteiger partial charge on any atom is -0.494 e. The fourth-order valence-corrected chi connectivity index (χ4v) is 2.84. The van der Waals surface area contributed by atoms with Crippen LogP contribution in [0.25, 0.3) is 16.9 Å². The van der Waals surface area contributed by atoms with Gasteiger partial charge in [0.25, 0.3) is 0 Å². The van der Waals surface area contributed by atoms with Crippen molar-refractivity contribution in [1.29, 1.82) is 0 Å². The topological polar surface area (TPSA) is 39.4 Å². The predicted molar refractivity (Wildman–Crippen MR) is 90.6 cm³/mol. The second kappa shape index (κ2) is 6.03. The molecule has 1 fully saturated rings. The average Bonchev–Trinajstić information content (AvgIpc) is 3.31. The quantitative estimate of drug-likeness (QED) is 0.687. The Labute approximate surface area is 136 Å². The molecular formula is C19H21N3O. The Kier molecular flexibility index (Phi) is 3.74. The van der Waals surface area contributed by atoms with Crippen LogP contribution in [0.1, 0.15) is 31.9 Å². The fraction of sp³-hybridized carbons (Fsp3) is 0.368. The van der Waals surface area contributed by atoms with Gasteiger partial charge < -0.3 is 4.74 Å². The highest BCUT2D eigenvalue weighted by Crippen LogP contribution is 2.33. The summed E-state index contributed by atoms with van der Waals surface area (Å²) in [5.41, 5.74) is 4.07. The van der Waals surface area contributed by atoms with Crippen molar-refractivity contribution in [2.45, 2.75) is 32.6 Å². The Morgan fingerprint density at radius 2 is 1.96 bits per heavy atom. The minimum absolute atomic E-state index is 0.682. The van der Waals surface area contributed by atoms with E-state index in [1.807, 2.05) is 41.9 Å². The summed E-state index contributed by atoms with van der Waals surface area (Å²) in [5.74, 6) is 1.83. The molecule has 0 bridgehead atoms. The molecule has 2 heterocycles. The molecule has 0 unspecified atom stereocenters. The lowest BCUT2D eigenvalue weighted by atomic mass is 10.2. The molecule has 0 atom stereocenters. The summed E-state index contributed by atoms with van der Waals surface area (Å²) in [7, 11) is 0. The van der Waals surface area contributed by atoms with E-state index in [-0.39, 0.29) is 0 Å². The Balaban J connectivity index is 1.57. The molecule has 0 spiro atoms. The maximum atomic E-state index is 5.48. The van der Waals surface area contributed by atoms with Crippen LogP contribution in [0.4, 0.5) is 0 Å². The van der Waals surface area contributed by atoms with Crippen molar-refractivity contribution in [2.24, 2.45) is 5.92 Å². The lowest BCUT2D eigenvalue weighted by Crippen LogP contribution is -1.97. The number of aryl methyl sites for hydroxylation is 1. The minimum atomic E-state index is 0.682. The van der Waals surface area contributed by atoms with Crippen LogP contribution < -0.4 is 4.74 Å². The lowest BCUT2D eigenvalue weighted by molar-refractivity contribution is 0.340. The molecule has 23 heavy (non-hydrogen) atoms. The first-order valence-corrected chi connectivity index (χ1v) is 8.40. The van der Waals surface area contributed by atoms with E-state index < -0.39 is 0 Å². The van der Waals surface area contributed by atoms with Gasteiger partial charge in [-0.05, 0) is 62.1 Å². The molecule has 4 rings (SSSR count). The van der Waals surface area contributed by atoms with Crippen LogP contribution in [0.15, 0.2) is 42.6 Å². The van der Waals surface area contributed by atoms with Crippen LogP contribution in [0.5, 0.6) is 5.75 Å². The summed E-state index contributed by atoms with van der Waals surface area (Å²) < 4.78 is 7.38. The molecule has 0 saturated heterocycles. The zero-order chi connectivity index (χ0) is 15.6. The maximum absolute atomic E-state index is 5.48. The molecular weight excluding hydrogens is 286 g/mol. The van der Waals surface area contributed by atoms with Crippen molar-refractivity contribution >= 4 is 5.65 Å². The van der Waals surface area contributed by atoms with Crippen molar-refractivity contribution in [3.63, 3.8) is 0 Å². The van der Waals surface area contributed by atoms with Crippen LogP contribution in [0.2, 0.25) is 0 Å². The van der Waals surface area contributed by atoms with E-state index in [0.717, 1.165) is 40.7 Å². The Bertz CT molecular complexity index is 803. The summed E-state index contributed by atoms with van der Waals surface area (Å²) in [4.78, 5) is 4.67. The maximum Gasteiger partial charge on any atom is 0.154 e. The SMILES string of the molecule is CCOc1ccc(-c2cn3nc(CCC4CC4)ccc3n2)cc1. The molecule has 1 aliphatic carbocycles. The Morgan fingerprint density at radius 3 is 2.70 bits per heavy atom. The number of hydrogen-bond acceptors (Lipinski definition) is 3. The molecule has 118 valence electrons. The largest absolute Gasteiger partial charge is 0.494 e. The molecule has 4 heteroatoms. The molecule has 1 aromatic carbocycles. The third-order valence-electron chi connectivity index (χ3n) is 4.34. The van der Waals surface area contributed by atoms with Gasteiger partial charge in [-0.3, -0.25) is 0 Å². The van der Waals surface area contributed by atoms with Crippen LogP contribution in [-0.4, -0.2) is 21.2 Å². The average molecular weight is 307 g/mol. The number of aromatic nitrogens is 3. The van der Waals surface area contributed by atoms with E-state index in [4.69, 9.17) is 9.84 Å². The van der Waals surface area contributed by atoms with Crippen molar-refractivity contribution in [3.05, 3.63) is 48.3 Å². The Hall–Kier alpha value is -2.36. The van der Waals surface area contributed by atoms with Gasteiger partial charge in [0, 0.05) is 5.56 Å². The fourth-order valence-electron chi connectivity index (χ4n) is 2.84. The molecule has 0 radical (unpaired) electrons. The summed E-state index contributed by atoms with van der Waals surface area (Å²) >= 11 is 0. The first-order chi connectivity index (χ1) is 11.3. The number of hydrogen-bond donors (Lipinski definition) is 0. The number of nitrogens with zero attached hydrogens (tertiary/aromatic N) is 3. The standard InChI is InChI=1S/C19H21N3O/c1-2-23-17-10-6-15(7-11-17)18-13-22-19(20-18)12-9-16(21-22)8-5-14-3-4-14/h6-7,9-14H,2-5,8H2,1H3. The number of rotatable bonds is 6. The molecule has 2 aromatic heterocycles. The highest BCUT2D eigenvalue weighted by Gasteiger charge is 2.20. The van der Waals surface area contributed by atoms with Crippen LogP contribution in [0.3, 0.4) is 0 Å². The third-order valence-corrected chi connectivity index (χ3v) is 4.34. The molecule has 1 saturated carbocycles. The molecule has 4 nitrogen and oxygen atoms in total. The van der Waals surface area contributed by atoms with Crippen LogP contribution >= 0.6 is 0 Å². The zero-order valence-electron chi connectivity index (χ0n) is 13.4. The van der Waals surface area contributed by atoms with Gasteiger partial charge in [-0.15, -0.1) is 0 Å². The van der Waals surface area contributed by atoms with E-state index in [0.29, 0.717) is 6.61 Å². The first-order valence-electron chi connectivity index (χ1n) is 8.40. The highest BCUT2D eigenvalue weighted by molar-refractivity contribution is 5.63. The monoisotopic (exact) mass is 307 g/mol. The van der Waals surface area contributed by atoms with Crippen molar-refractivity contribution < 1.29 is 4.74 Å². The summed E-state index contributed by atoms with van der Waals surface area (Å²) in [5, 5.41) is 4.70. The van der Waals surface area contributed by atoms with Crippen molar-refractivity contribution in [3.8, 4) is 17.0 Å². The molecule has 0 aliphatic heterocycles. The number of ether oxygens (including phenoxy) is 1. The van der Waals surface area contributed by atoms with Crippen molar-refractivity contribution in [1.82, 2.24) is 14.6 Å². The molecule has 1 aliphatic rings. The van der Waals surface area contributed by atoms with Crippen LogP contribution in [-0.2, 0) is 6.42 Å². The first kappa shape index (κ1) is 14.2. The normalized spacial score (nSPS) is 14.3. The molecule has 0 N–H and O–H groups in total. The summed E-state index contributed by atoms with van der Waals surface area (Å²) in [6.07, 6.45) is 7.13. The molecule has 0 amide bonds.